The molecule has 96 valence electrons. The first-order valence-electron chi connectivity index (χ1n) is 5.58. The molecule has 17 heavy (non-hydrogen) atoms. The molecule has 0 spiro atoms. The first kappa shape index (κ1) is 14.1. The number of rotatable bonds is 4. The fraction of sp³-hybridized carbons (Fsp3) is 0.667. The molecular formula is C12H20N2O2S. The fourth-order valence-corrected chi connectivity index (χ4v) is 2.78. The molecule has 0 amide bonds. The van der Waals surface area contributed by atoms with Crippen molar-refractivity contribution >= 4 is 17.3 Å². The maximum Gasteiger partial charge on any atom is 0.325 e. The molecule has 1 N–H and O–H groups in total. The Labute approximate surface area is 106 Å². The standard InChI is InChI=1S/C12H20N2O2S/c1-7(10-8(2)17-9(3)13-10)14-12(4,5)11(15)16-6/h7,14H,1-6H3. The van der Waals surface area contributed by atoms with Crippen LogP contribution in [0.5, 0.6) is 0 Å². The lowest BCUT2D eigenvalue weighted by atomic mass is 10.0. The van der Waals surface area contributed by atoms with Crippen molar-refractivity contribution in [2.45, 2.75) is 46.2 Å². The molecule has 0 saturated heterocycles. The van der Waals surface area contributed by atoms with E-state index in [4.69, 9.17) is 4.74 Å². The number of aryl methyl sites for hydroxylation is 2. The summed E-state index contributed by atoms with van der Waals surface area (Å²) in [7, 11) is 1.40. The molecule has 1 aromatic heterocycles. The zero-order chi connectivity index (χ0) is 13.2. The van der Waals surface area contributed by atoms with Crippen LogP contribution in [0.3, 0.4) is 0 Å². The Morgan fingerprint density at radius 1 is 1.47 bits per heavy atom. The van der Waals surface area contributed by atoms with Gasteiger partial charge < -0.3 is 4.74 Å². The van der Waals surface area contributed by atoms with Gasteiger partial charge in [0.25, 0.3) is 0 Å². The van der Waals surface area contributed by atoms with E-state index >= 15 is 0 Å². The van der Waals surface area contributed by atoms with Gasteiger partial charge in [-0.3, -0.25) is 10.1 Å². The molecule has 0 aliphatic carbocycles. The fourth-order valence-electron chi connectivity index (χ4n) is 1.87. The van der Waals surface area contributed by atoms with Crippen molar-refractivity contribution < 1.29 is 9.53 Å². The van der Waals surface area contributed by atoms with Crippen LogP contribution >= 0.6 is 11.3 Å². The number of carbonyl (C=O) groups is 1. The predicted molar refractivity (Wildman–Crippen MR) is 69.2 cm³/mol. The third-order valence-corrected chi connectivity index (χ3v) is 3.52. The summed E-state index contributed by atoms with van der Waals surface area (Å²) in [5, 5.41) is 4.29. The van der Waals surface area contributed by atoms with Gasteiger partial charge in [-0.2, -0.15) is 0 Å². The number of aromatic nitrogens is 1. The van der Waals surface area contributed by atoms with Gasteiger partial charge in [0.15, 0.2) is 0 Å². The van der Waals surface area contributed by atoms with E-state index in [9.17, 15) is 4.79 Å². The molecule has 1 atom stereocenters. The summed E-state index contributed by atoms with van der Waals surface area (Å²) in [5.41, 5.74) is 0.294. The smallest absolute Gasteiger partial charge is 0.325 e. The quantitative estimate of drug-likeness (QED) is 0.840. The summed E-state index contributed by atoms with van der Waals surface area (Å²) >= 11 is 1.67. The van der Waals surface area contributed by atoms with Crippen molar-refractivity contribution in [2.75, 3.05) is 7.11 Å². The van der Waals surface area contributed by atoms with Gasteiger partial charge in [0.05, 0.1) is 17.8 Å². The van der Waals surface area contributed by atoms with E-state index in [1.165, 1.54) is 12.0 Å². The number of ether oxygens (including phenoxy) is 1. The largest absolute Gasteiger partial charge is 0.468 e. The van der Waals surface area contributed by atoms with Gasteiger partial charge in [0.1, 0.15) is 5.54 Å². The highest BCUT2D eigenvalue weighted by Crippen LogP contribution is 2.24. The van der Waals surface area contributed by atoms with Crippen molar-refractivity contribution in [1.82, 2.24) is 10.3 Å². The first-order valence-corrected chi connectivity index (χ1v) is 6.39. The average molecular weight is 256 g/mol. The van der Waals surface area contributed by atoms with E-state index < -0.39 is 5.54 Å². The predicted octanol–water partition coefficient (Wildman–Crippen LogP) is 2.36. The van der Waals surface area contributed by atoms with Crippen molar-refractivity contribution in [3.05, 3.63) is 15.6 Å². The molecule has 1 unspecified atom stereocenters. The van der Waals surface area contributed by atoms with E-state index in [-0.39, 0.29) is 12.0 Å². The summed E-state index contributed by atoms with van der Waals surface area (Å²) in [4.78, 5) is 17.3. The van der Waals surface area contributed by atoms with Crippen LogP contribution in [0.25, 0.3) is 0 Å². The normalized spacial score (nSPS) is 13.5. The Balaban J connectivity index is 2.82. The third kappa shape index (κ3) is 3.26. The van der Waals surface area contributed by atoms with E-state index in [1.54, 1.807) is 11.3 Å². The molecule has 1 aromatic rings. The summed E-state index contributed by atoms with van der Waals surface area (Å²) in [5.74, 6) is -0.269. The highest BCUT2D eigenvalue weighted by Gasteiger charge is 2.31. The number of carbonyl (C=O) groups excluding carboxylic acids is 1. The Kier molecular flexibility index (Phi) is 4.27. The molecule has 0 bridgehead atoms. The molecule has 0 saturated carbocycles. The number of esters is 1. The monoisotopic (exact) mass is 256 g/mol. The number of nitrogens with zero attached hydrogens (tertiary/aromatic N) is 1. The summed E-state index contributed by atoms with van der Waals surface area (Å²) < 4.78 is 4.77. The number of methoxy groups -OCH3 is 1. The molecule has 4 nitrogen and oxygen atoms in total. The van der Waals surface area contributed by atoms with Gasteiger partial charge in [-0.05, 0) is 34.6 Å². The minimum atomic E-state index is -0.710. The Hall–Kier alpha value is -0.940. The topological polar surface area (TPSA) is 51.2 Å². The van der Waals surface area contributed by atoms with Crippen LogP contribution in [0, 0.1) is 13.8 Å². The molecule has 0 aromatic carbocycles. The van der Waals surface area contributed by atoms with Crippen molar-refractivity contribution in [2.24, 2.45) is 0 Å². The van der Waals surface area contributed by atoms with Crippen LogP contribution in [0.2, 0.25) is 0 Å². The molecule has 0 aliphatic rings. The number of hydrogen-bond acceptors (Lipinski definition) is 5. The lowest BCUT2D eigenvalue weighted by Crippen LogP contribution is -2.48. The maximum atomic E-state index is 11.6. The van der Waals surface area contributed by atoms with Gasteiger partial charge in [0.2, 0.25) is 0 Å². The van der Waals surface area contributed by atoms with Crippen LogP contribution in [0.15, 0.2) is 0 Å². The minimum absolute atomic E-state index is 0.0223. The van der Waals surface area contributed by atoms with E-state index in [2.05, 4.69) is 10.3 Å². The molecule has 0 aliphatic heterocycles. The maximum absolute atomic E-state index is 11.6. The number of nitrogens with one attached hydrogen (secondary N) is 1. The van der Waals surface area contributed by atoms with Crippen LogP contribution < -0.4 is 5.32 Å². The lowest BCUT2D eigenvalue weighted by Gasteiger charge is -2.27. The molecule has 1 heterocycles. The summed E-state index contributed by atoms with van der Waals surface area (Å²) in [6, 6.07) is 0.0223. The molecule has 0 radical (unpaired) electrons. The third-order valence-electron chi connectivity index (χ3n) is 2.62. The molecule has 1 rings (SSSR count). The second kappa shape index (κ2) is 5.14. The summed E-state index contributed by atoms with van der Waals surface area (Å²) in [6.07, 6.45) is 0. The van der Waals surface area contributed by atoms with Gasteiger partial charge in [-0.25, -0.2) is 4.98 Å². The molecule has 0 fully saturated rings. The second-order valence-electron chi connectivity index (χ2n) is 4.66. The SMILES string of the molecule is COC(=O)C(C)(C)NC(C)c1nc(C)sc1C. The zero-order valence-electron chi connectivity index (χ0n) is 11.2. The Morgan fingerprint density at radius 2 is 2.06 bits per heavy atom. The number of thiazole rings is 1. The van der Waals surface area contributed by atoms with Gasteiger partial charge in [-0.1, -0.05) is 0 Å². The molecular weight excluding hydrogens is 236 g/mol. The van der Waals surface area contributed by atoms with Crippen molar-refractivity contribution in [3.63, 3.8) is 0 Å². The Morgan fingerprint density at radius 3 is 2.47 bits per heavy atom. The summed E-state index contributed by atoms with van der Waals surface area (Å²) in [6.45, 7) is 9.66. The van der Waals surface area contributed by atoms with Crippen LogP contribution in [0.1, 0.15) is 42.4 Å². The van der Waals surface area contributed by atoms with E-state index in [0.717, 1.165) is 10.7 Å². The van der Waals surface area contributed by atoms with Gasteiger partial charge >= 0.3 is 5.97 Å². The lowest BCUT2D eigenvalue weighted by molar-refractivity contribution is -0.147. The van der Waals surface area contributed by atoms with Gasteiger partial charge in [0, 0.05) is 10.9 Å². The number of hydrogen-bond donors (Lipinski definition) is 1. The van der Waals surface area contributed by atoms with Crippen LogP contribution in [-0.4, -0.2) is 23.6 Å². The van der Waals surface area contributed by atoms with Gasteiger partial charge in [-0.15, -0.1) is 11.3 Å². The second-order valence-corrected chi connectivity index (χ2v) is 6.06. The molecule has 5 heteroatoms. The van der Waals surface area contributed by atoms with Crippen LogP contribution in [-0.2, 0) is 9.53 Å². The van der Waals surface area contributed by atoms with E-state index in [1.807, 2.05) is 34.6 Å². The van der Waals surface area contributed by atoms with Crippen LogP contribution in [0.4, 0.5) is 0 Å². The average Bonchev–Trinajstić information content (AvgIpc) is 2.56. The van der Waals surface area contributed by atoms with Crippen molar-refractivity contribution in [3.8, 4) is 0 Å². The first-order chi connectivity index (χ1) is 7.77. The highest BCUT2D eigenvalue weighted by atomic mass is 32.1. The highest BCUT2D eigenvalue weighted by molar-refractivity contribution is 7.11. The minimum Gasteiger partial charge on any atom is -0.468 e. The Bertz CT molecular complexity index is 413. The zero-order valence-corrected chi connectivity index (χ0v) is 12.1. The van der Waals surface area contributed by atoms with Crippen molar-refractivity contribution in [1.29, 1.82) is 0 Å². The van der Waals surface area contributed by atoms with E-state index in [0.29, 0.717) is 0 Å².